The molecule has 2 amide bonds. The number of amides is 2. The van der Waals surface area contributed by atoms with E-state index >= 15 is 0 Å². The second kappa shape index (κ2) is 10.4. The van der Waals surface area contributed by atoms with Crippen molar-refractivity contribution in [2.24, 2.45) is 5.92 Å². The van der Waals surface area contributed by atoms with Gasteiger partial charge in [-0.15, -0.1) is 0 Å². The Morgan fingerprint density at radius 1 is 1.18 bits per heavy atom. The number of Topliss-reactive ketones (excluding diaryl/α,β-unsaturated/α-hetero) is 1. The van der Waals surface area contributed by atoms with Crippen LogP contribution in [-0.4, -0.2) is 105 Å². The average Bonchev–Trinajstić information content (AvgIpc) is 3.42. The molecule has 3 fully saturated rings. The molecule has 1 N–H and O–H groups in total. The molecule has 0 unspecified atom stereocenters. The Hall–Kier alpha value is -2.49. The zero-order valence-corrected chi connectivity index (χ0v) is 20.5. The summed E-state index contributed by atoms with van der Waals surface area (Å²) >= 11 is 0. The van der Waals surface area contributed by atoms with Gasteiger partial charge < -0.3 is 29.5 Å². The van der Waals surface area contributed by atoms with Gasteiger partial charge in [0.15, 0.2) is 5.78 Å². The zero-order chi connectivity index (χ0) is 24.4. The van der Waals surface area contributed by atoms with Crippen molar-refractivity contribution < 1.29 is 23.9 Å². The van der Waals surface area contributed by atoms with E-state index in [-0.39, 0.29) is 42.8 Å². The van der Waals surface area contributed by atoms with E-state index in [0.29, 0.717) is 12.0 Å². The van der Waals surface area contributed by atoms with Crippen molar-refractivity contribution in [2.75, 3.05) is 58.4 Å². The number of rotatable bonds is 7. The van der Waals surface area contributed by atoms with Gasteiger partial charge in [-0.3, -0.25) is 14.4 Å². The first-order valence-electron chi connectivity index (χ1n) is 12.2. The monoisotopic (exact) mass is 472 g/mol. The molecule has 186 valence electrons. The van der Waals surface area contributed by atoms with Gasteiger partial charge >= 0.3 is 0 Å². The van der Waals surface area contributed by atoms with E-state index in [4.69, 9.17) is 9.47 Å². The van der Waals surface area contributed by atoms with Crippen molar-refractivity contribution in [2.45, 2.75) is 44.6 Å². The maximum atomic E-state index is 13.6. The van der Waals surface area contributed by atoms with Gasteiger partial charge in [0.25, 0.3) is 5.91 Å². The number of benzene rings is 1. The van der Waals surface area contributed by atoms with E-state index in [1.807, 2.05) is 38.1 Å². The molecule has 0 bridgehead atoms. The van der Waals surface area contributed by atoms with Gasteiger partial charge in [0, 0.05) is 44.5 Å². The van der Waals surface area contributed by atoms with Crippen molar-refractivity contribution in [3.8, 4) is 0 Å². The molecule has 3 heterocycles. The number of fused-ring (bicyclic) bond motifs is 1. The van der Waals surface area contributed by atoms with Crippen LogP contribution < -0.4 is 10.2 Å². The number of anilines is 1. The highest BCUT2D eigenvalue weighted by Gasteiger charge is 2.53. The third kappa shape index (κ3) is 4.82. The summed E-state index contributed by atoms with van der Waals surface area (Å²) in [6.45, 7) is 8.11. The van der Waals surface area contributed by atoms with Crippen molar-refractivity contribution in [3.05, 3.63) is 29.8 Å². The van der Waals surface area contributed by atoms with Crippen LogP contribution in [0.1, 0.15) is 30.6 Å². The number of ether oxygens (including phenoxy) is 2. The van der Waals surface area contributed by atoms with Crippen molar-refractivity contribution in [1.82, 2.24) is 15.1 Å². The average molecular weight is 473 g/mol. The van der Waals surface area contributed by atoms with Gasteiger partial charge in [0.05, 0.1) is 6.54 Å². The van der Waals surface area contributed by atoms with Crippen LogP contribution in [0.15, 0.2) is 24.3 Å². The largest absolute Gasteiger partial charge is 0.377 e. The number of nitrogens with zero attached hydrogens (tertiary/aromatic N) is 3. The summed E-state index contributed by atoms with van der Waals surface area (Å²) in [5, 5.41) is 2.95. The van der Waals surface area contributed by atoms with Crippen molar-refractivity contribution in [1.29, 1.82) is 0 Å². The molecule has 0 spiro atoms. The van der Waals surface area contributed by atoms with Crippen LogP contribution in [-0.2, 0) is 19.1 Å². The quantitative estimate of drug-likeness (QED) is 0.627. The smallest absolute Gasteiger partial charge is 0.251 e. The topological polar surface area (TPSA) is 91.4 Å². The van der Waals surface area contributed by atoms with Crippen molar-refractivity contribution in [3.63, 3.8) is 0 Å². The molecule has 3 aliphatic rings. The van der Waals surface area contributed by atoms with Crippen LogP contribution in [0.2, 0.25) is 0 Å². The highest BCUT2D eigenvalue weighted by molar-refractivity contribution is 5.99. The van der Waals surface area contributed by atoms with E-state index in [2.05, 4.69) is 22.2 Å². The normalized spacial score (nSPS) is 26.9. The Morgan fingerprint density at radius 3 is 2.47 bits per heavy atom. The summed E-state index contributed by atoms with van der Waals surface area (Å²) in [5.41, 5.74) is 1.60. The van der Waals surface area contributed by atoms with Gasteiger partial charge in [-0.2, -0.15) is 0 Å². The Bertz CT molecular complexity index is 899. The van der Waals surface area contributed by atoms with Crippen LogP contribution in [0.25, 0.3) is 0 Å². The summed E-state index contributed by atoms with van der Waals surface area (Å²) in [5.74, 6) is -0.771. The number of nitrogens with one attached hydrogen (secondary N) is 1. The second-order valence-electron chi connectivity index (χ2n) is 9.63. The predicted molar refractivity (Wildman–Crippen MR) is 128 cm³/mol. The summed E-state index contributed by atoms with van der Waals surface area (Å²) in [6.07, 6.45) is -0.0910. The fraction of sp³-hybridized carbons (Fsp3) is 0.640. The molecule has 3 aliphatic heterocycles. The van der Waals surface area contributed by atoms with Crippen LogP contribution in [0.3, 0.4) is 0 Å². The number of methoxy groups -OCH3 is 1. The molecule has 4 rings (SSSR count). The van der Waals surface area contributed by atoms with E-state index in [9.17, 15) is 14.4 Å². The molecular formula is C25H36N4O5. The number of likely N-dealkylation sites (tertiary alicyclic amines) is 1. The Balaban J connectivity index is 1.46. The SMILES string of the molecule is CC[C@H](C)[C@H](NC(=O)c1ccc(N2CCN(C)CC2)cc1)C(=O)N1C[C@@H](OC)[C@H]2OCC(=O)[C@H]21. The molecule has 34 heavy (non-hydrogen) atoms. The zero-order valence-electron chi connectivity index (χ0n) is 20.5. The van der Waals surface area contributed by atoms with Gasteiger partial charge in [0.2, 0.25) is 5.91 Å². The molecule has 0 aliphatic carbocycles. The number of carbonyl (C=O) groups is 3. The summed E-state index contributed by atoms with van der Waals surface area (Å²) in [4.78, 5) is 45.3. The predicted octanol–water partition coefficient (Wildman–Crippen LogP) is 0.777. The van der Waals surface area contributed by atoms with E-state index in [1.54, 1.807) is 12.0 Å². The van der Waals surface area contributed by atoms with Crippen LogP contribution in [0.5, 0.6) is 0 Å². The molecule has 1 aromatic rings. The van der Waals surface area contributed by atoms with E-state index < -0.39 is 18.2 Å². The summed E-state index contributed by atoms with van der Waals surface area (Å²) in [7, 11) is 3.68. The summed E-state index contributed by atoms with van der Waals surface area (Å²) < 4.78 is 11.1. The number of carbonyl (C=O) groups excluding carboxylic acids is 3. The second-order valence-corrected chi connectivity index (χ2v) is 9.63. The first-order chi connectivity index (χ1) is 16.3. The molecular weight excluding hydrogens is 436 g/mol. The van der Waals surface area contributed by atoms with Crippen LogP contribution in [0, 0.1) is 5.92 Å². The molecule has 1 aromatic carbocycles. The Labute approximate surface area is 201 Å². The third-order valence-corrected chi connectivity index (χ3v) is 7.49. The Morgan fingerprint density at radius 2 is 1.85 bits per heavy atom. The standard InChI is InChI=1S/C25H36N4O5/c1-5-16(2)21(25(32)29-14-20(33-4)23-22(29)19(30)15-34-23)26-24(31)17-6-8-18(9-7-17)28-12-10-27(3)11-13-28/h6-9,16,20-23H,5,10-15H2,1-4H3,(H,26,31)/t16-,20+,21-,22+,23+/m0/s1. The van der Waals surface area contributed by atoms with Crippen LogP contribution in [0.4, 0.5) is 5.69 Å². The number of piperazine rings is 1. The minimum atomic E-state index is -0.737. The molecule has 9 nitrogen and oxygen atoms in total. The lowest BCUT2D eigenvalue weighted by molar-refractivity contribution is -0.139. The number of ketones is 1. The fourth-order valence-corrected chi connectivity index (χ4v) is 5.02. The maximum absolute atomic E-state index is 13.6. The minimum absolute atomic E-state index is 0.0149. The summed E-state index contributed by atoms with van der Waals surface area (Å²) in [6, 6.07) is 6.15. The molecule has 9 heteroatoms. The lowest BCUT2D eigenvalue weighted by Gasteiger charge is -2.34. The van der Waals surface area contributed by atoms with Gasteiger partial charge in [-0.25, -0.2) is 0 Å². The van der Waals surface area contributed by atoms with Gasteiger partial charge in [-0.05, 0) is 37.2 Å². The van der Waals surface area contributed by atoms with Gasteiger partial charge in [-0.1, -0.05) is 20.3 Å². The lowest BCUT2D eigenvalue weighted by atomic mass is 9.96. The molecule has 5 atom stereocenters. The minimum Gasteiger partial charge on any atom is -0.377 e. The maximum Gasteiger partial charge on any atom is 0.251 e. The van der Waals surface area contributed by atoms with Crippen molar-refractivity contribution >= 4 is 23.3 Å². The highest BCUT2D eigenvalue weighted by atomic mass is 16.5. The van der Waals surface area contributed by atoms with Gasteiger partial charge in [0.1, 0.15) is 30.9 Å². The number of hydrogen-bond donors (Lipinski definition) is 1. The Kier molecular flexibility index (Phi) is 7.54. The first kappa shape index (κ1) is 24.6. The third-order valence-electron chi connectivity index (χ3n) is 7.49. The van der Waals surface area contributed by atoms with E-state index in [1.165, 1.54) is 0 Å². The lowest BCUT2D eigenvalue weighted by Crippen LogP contribution is -2.54. The number of likely N-dealkylation sites (N-methyl/N-ethyl adjacent to an activating group) is 1. The van der Waals surface area contributed by atoms with Crippen LogP contribution >= 0.6 is 0 Å². The molecule has 0 aromatic heterocycles. The molecule has 0 radical (unpaired) electrons. The highest BCUT2D eigenvalue weighted by Crippen LogP contribution is 2.30. The fourth-order valence-electron chi connectivity index (χ4n) is 5.02. The molecule has 0 saturated carbocycles. The van der Waals surface area contributed by atoms with E-state index in [0.717, 1.165) is 31.9 Å². The first-order valence-corrected chi connectivity index (χ1v) is 12.2. The molecule has 3 saturated heterocycles. The number of hydrogen-bond acceptors (Lipinski definition) is 7.